The third-order valence-electron chi connectivity index (χ3n) is 2.79. The molecule has 0 radical (unpaired) electrons. The molecule has 0 atom stereocenters. The van der Waals surface area contributed by atoms with Crippen molar-refractivity contribution in [3.05, 3.63) is 36.0 Å². The fraction of sp³-hybridized carbons (Fsp3) is 0.250. The van der Waals surface area contributed by atoms with Crippen molar-refractivity contribution in [2.24, 2.45) is 7.05 Å². The number of halogens is 6. The molecule has 0 spiro atoms. The molecule has 0 saturated carbocycles. The van der Waals surface area contributed by atoms with Gasteiger partial charge in [-0.2, -0.15) is 0 Å². The van der Waals surface area contributed by atoms with Crippen LogP contribution in [0.5, 0.6) is 5.75 Å². The van der Waals surface area contributed by atoms with E-state index in [-0.39, 0.29) is 0 Å². The van der Waals surface area contributed by atoms with Crippen molar-refractivity contribution < 1.29 is 34.5 Å². The molecule has 0 aliphatic carbocycles. The third kappa shape index (κ3) is 5.04. The average Bonchev–Trinajstić information content (AvgIpc) is 2.73. The molecule has 9 heteroatoms. The normalized spacial score (nSPS) is 17.1. The van der Waals surface area contributed by atoms with Gasteiger partial charge in [-0.3, -0.25) is 0 Å². The first-order valence-electron chi connectivity index (χ1n) is 5.91. The number of rotatable bonds is 0. The SMILES string of the molecule is C[n+]1cc2c(c3ccccc31)OCC2.F[P-](F)(F)(F)(F)F. The van der Waals surface area contributed by atoms with Crippen LogP contribution >= 0.6 is 7.81 Å². The van der Waals surface area contributed by atoms with Gasteiger partial charge < -0.3 is 4.74 Å². The van der Waals surface area contributed by atoms with Gasteiger partial charge in [-0.05, 0) is 6.07 Å². The molecule has 0 N–H and O–H groups in total. The molecule has 2 aromatic rings. The molecular weight excluding hydrogens is 319 g/mol. The van der Waals surface area contributed by atoms with Gasteiger partial charge in [0.1, 0.15) is 12.8 Å². The van der Waals surface area contributed by atoms with Crippen LogP contribution in [0.15, 0.2) is 30.5 Å². The fourth-order valence-corrected chi connectivity index (χ4v) is 2.12. The molecule has 2 nitrogen and oxygen atoms in total. The molecule has 0 bridgehead atoms. The quantitative estimate of drug-likeness (QED) is 0.377. The van der Waals surface area contributed by atoms with E-state index in [1.807, 2.05) is 0 Å². The summed E-state index contributed by atoms with van der Waals surface area (Å²) < 4.78 is 67.0. The molecule has 1 aromatic carbocycles. The first-order valence-corrected chi connectivity index (χ1v) is 7.93. The Morgan fingerprint density at radius 2 is 1.62 bits per heavy atom. The zero-order valence-electron chi connectivity index (χ0n) is 10.9. The van der Waals surface area contributed by atoms with Crippen molar-refractivity contribution in [2.75, 3.05) is 6.61 Å². The molecule has 0 saturated heterocycles. The predicted molar refractivity (Wildman–Crippen MR) is 67.9 cm³/mol. The predicted octanol–water partition coefficient (Wildman–Crippen LogP) is 4.98. The second kappa shape index (κ2) is 4.22. The molecular formula is C12H12F6NOP. The van der Waals surface area contributed by atoms with Crippen LogP contribution in [0.3, 0.4) is 0 Å². The number of nitrogens with zero attached hydrogens (tertiary/aromatic N) is 1. The van der Waals surface area contributed by atoms with Crippen molar-refractivity contribution in [2.45, 2.75) is 6.42 Å². The van der Waals surface area contributed by atoms with Crippen LogP contribution in [-0.4, -0.2) is 6.61 Å². The van der Waals surface area contributed by atoms with Gasteiger partial charge in [0.2, 0.25) is 5.52 Å². The van der Waals surface area contributed by atoms with Gasteiger partial charge in [0.15, 0.2) is 6.20 Å². The van der Waals surface area contributed by atoms with Crippen molar-refractivity contribution >= 4 is 18.7 Å². The Kier molecular flexibility index (Phi) is 3.18. The van der Waals surface area contributed by atoms with Crippen LogP contribution < -0.4 is 9.30 Å². The van der Waals surface area contributed by atoms with E-state index in [9.17, 15) is 25.2 Å². The number of aromatic nitrogens is 1. The number of fused-ring (bicyclic) bond motifs is 3. The van der Waals surface area contributed by atoms with E-state index in [2.05, 4.69) is 42.1 Å². The molecule has 118 valence electrons. The topological polar surface area (TPSA) is 13.1 Å². The van der Waals surface area contributed by atoms with Crippen LogP contribution in [0.1, 0.15) is 5.56 Å². The van der Waals surface area contributed by atoms with E-state index >= 15 is 0 Å². The second-order valence-corrected chi connectivity index (χ2v) is 6.58. The summed E-state index contributed by atoms with van der Waals surface area (Å²) in [5, 5.41) is 1.23. The maximum atomic E-state index is 9.87. The number of aryl methyl sites for hydroxylation is 1. The summed E-state index contributed by atoms with van der Waals surface area (Å²) in [6, 6.07) is 8.37. The van der Waals surface area contributed by atoms with E-state index in [0.29, 0.717) is 0 Å². The van der Waals surface area contributed by atoms with Gasteiger partial charge in [-0.25, -0.2) is 4.57 Å². The maximum absolute atomic E-state index is 10.7. The summed E-state index contributed by atoms with van der Waals surface area (Å²) in [7, 11) is -8.57. The van der Waals surface area contributed by atoms with Crippen LogP contribution in [-0.2, 0) is 13.5 Å². The molecule has 1 aliphatic rings. The van der Waals surface area contributed by atoms with E-state index < -0.39 is 7.81 Å². The molecule has 0 amide bonds. The number of pyridine rings is 1. The Labute approximate surface area is 116 Å². The second-order valence-electron chi connectivity index (χ2n) is 4.67. The molecule has 2 heterocycles. The Morgan fingerprint density at radius 1 is 1.05 bits per heavy atom. The third-order valence-corrected chi connectivity index (χ3v) is 2.79. The van der Waals surface area contributed by atoms with E-state index in [4.69, 9.17) is 4.74 Å². The van der Waals surface area contributed by atoms with Crippen LogP contribution in [0.25, 0.3) is 10.9 Å². The van der Waals surface area contributed by atoms with E-state index in [0.717, 1.165) is 18.8 Å². The van der Waals surface area contributed by atoms with Crippen LogP contribution in [0.4, 0.5) is 25.2 Å². The summed E-state index contributed by atoms with van der Waals surface area (Å²) in [4.78, 5) is 0. The average molecular weight is 331 g/mol. The van der Waals surface area contributed by atoms with Gasteiger partial charge in [0.05, 0.1) is 17.6 Å². The minimum atomic E-state index is -10.7. The molecule has 1 aliphatic heterocycles. The standard InChI is InChI=1S/C12H12NO.F6P/c1-13-8-9-6-7-14-12(9)10-4-2-3-5-11(10)13;1-7(2,3,4,5)6/h2-5,8H,6-7H2,1H3;/q+1;-1. The van der Waals surface area contributed by atoms with Crippen molar-refractivity contribution in [1.29, 1.82) is 0 Å². The zero-order valence-corrected chi connectivity index (χ0v) is 11.8. The van der Waals surface area contributed by atoms with E-state index in [1.165, 1.54) is 16.5 Å². The fourth-order valence-electron chi connectivity index (χ4n) is 2.12. The number of ether oxygens (including phenoxy) is 1. The minimum absolute atomic E-state index is 0.823. The summed E-state index contributed by atoms with van der Waals surface area (Å²) in [6.07, 6.45) is 3.21. The van der Waals surface area contributed by atoms with Gasteiger partial charge in [-0.15, -0.1) is 0 Å². The van der Waals surface area contributed by atoms with Gasteiger partial charge >= 0.3 is 33.0 Å². The Morgan fingerprint density at radius 3 is 2.24 bits per heavy atom. The van der Waals surface area contributed by atoms with Crippen molar-refractivity contribution in [1.82, 2.24) is 0 Å². The summed E-state index contributed by atoms with van der Waals surface area (Å²) >= 11 is 0. The number of para-hydroxylation sites is 1. The van der Waals surface area contributed by atoms with Crippen molar-refractivity contribution in [3.63, 3.8) is 0 Å². The molecule has 1 aromatic heterocycles. The number of benzene rings is 1. The van der Waals surface area contributed by atoms with Crippen molar-refractivity contribution in [3.8, 4) is 5.75 Å². The monoisotopic (exact) mass is 331 g/mol. The molecule has 3 rings (SSSR count). The van der Waals surface area contributed by atoms with Crippen LogP contribution in [0, 0.1) is 0 Å². The summed E-state index contributed by atoms with van der Waals surface area (Å²) in [5.74, 6) is 1.08. The summed E-state index contributed by atoms with van der Waals surface area (Å²) in [6.45, 7) is 0.823. The zero-order chi connectivity index (χ0) is 16.0. The van der Waals surface area contributed by atoms with Gasteiger partial charge in [0.25, 0.3) is 0 Å². The Bertz CT molecular complexity index is 686. The van der Waals surface area contributed by atoms with Gasteiger partial charge in [-0.1, -0.05) is 12.1 Å². The Balaban J connectivity index is 0.000000199. The molecule has 21 heavy (non-hydrogen) atoms. The number of hydrogen-bond donors (Lipinski definition) is 0. The van der Waals surface area contributed by atoms with Gasteiger partial charge in [0, 0.05) is 12.5 Å². The number of hydrogen-bond acceptors (Lipinski definition) is 1. The summed E-state index contributed by atoms with van der Waals surface area (Å²) in [5.41, 5.74) is 2.55. The van der Waals surface area contributed by atoms with Crippen LogP contribution in [0.2, 0.25) is 0 Å². The molecule has 0 fully saturated rings. The van der Waals surface area contributed by atoms with E-state index in [1.54, 1.807) is 0 Å². The first kappa shape index (κ1) is 15.8. The molecule has 0 unspecified atom stereocenters. The Hall–Kier alpha value is -1.56. The first-order chi connectivity index (χ1) is 9.31.